The van der Waals surface area contributed by atoms with Crippen LogP contribution in [-0.4, -0.2) is 80.3 Å². The molecule has 0 atom stereocenters. The van der Waals surface area contributed by atoms with E-state index in [1.165, 1.54) is 34.0 Å². The first-order valence-corrected chi connectivity index (χ1v) is 40.9. The number of aromatic nitrogens is 5. The van der Waals surface area contributed by atoms with Gasteiger partial charge in [-0.1, -0.05) is 115 Å². The van der Waals surface area contributed by atoms with Gasteiger partial charge in [-0.2, -0.15) is 26.3 Å². The highest BCUT2D eigenvalue weighted by molar-refractivity contribution is 7.22. The van der Waals surface area contributed by atoms with E-state index in [0.29, 0.717) is 40.7 Å². The number of nitrogens with zero attached hydrogens (tertiary/aromatic N) is 10. The maximum absolute atomic E-state index is 11.4. The van der Waals surface area contributed by atoms with Crippen molar-refractivity contribution in [3.8, 4) is 86.0 Å². The summed E-state index contributed by atoms with van der Waals surface area (Å²) in [6.45, 7) is 3.47. The van der Waals surface area contributed by atoms with E-state index in [1.54, 1.807) is 116 Å². The van der Waals surface area contributed by atoms with Crippen molar-refractivity contribution in [2.45, 2.75) is 46.0 Å². The van der Waals surface area contributed by atoms with Gasteiger partial charge in [-0.05, 0) is 143 Å². The second kappa shape index (κ2) is 36.0. The van der Waals surface area contributed by atoms with E-state index >= 15 is 0 Å². The van der Waals surface area contributed by atoms with E-state index in [-0.39, 0.29) is 24.1 Å². The Morgan fingerprint density at radius 1 is 0.333 bits per heavy atom. The number of carboxylic acid groups (broad SMARTS) is 5. The fraction of sp³-hybridized carbons (Fsp3) is 0.0842. The van der Waals surface area contributed by atoms with Crippen LogP contribution in [0.4, 0.5) is 0 Å². The first kappa shape index (κ1) is 81.5. The number of hydrogen-bond donors (Lipinski definition) is 5. The third kappa shape index (κ3) is 17.8. The summed E-state index contributed by atoms with van der Waals surface area (Å²) < 4.78 is 5.10. The van der Waals surface area contributed by atoms with E-state index in [2.05, 4.69) is 55.3 Å². The summed E-state index contributed by atoms with van der Waals surface area (Å²) in [7, 11) is 0. The molecule has 5 N–H and O–H groups in total. The average molecular weight is 1660 g/mol. The van der Waals surface area contributed by atoms with Gasteiger partial charge in [0.05, 0.1) is 82.8 Å². The molecule has 0 fully saturated rings. The lowest BCUT2D eigenvalue weighted by atomic mass is 9.89. The van der Waals surface area contributed by atoms with Crippen LogP contribution in [0.3, 0.4) is 0 Å². The first-order chi connectivity index (χ1) is 58.1. The van der Waals surface area contributed by atoms with Crippen molar-refractivity contribution < 1.29 is 49.5 Å². The molecule has 20 nitrogen and oxygen atoms in total. The van der Waals surface area contributed by atoms with Gasteiger partial charge in [0.2, 0.25) is 0 Å². The Hall–Kier alpha value is -15.1. The zero-order chi connectivity index (χ0) is 84.3. The molecular formula is C95H62N10O10S5. The molecule has 0 aliphatic heterocycles. The number of fused-ring (bicyclic) bond motifs is 8. The Bertz CT molecular complexity index is 7340. The van der Waals surface area contributed by atoms with Crippen LogP contribution in [-0.2, 0) is 44.9 Å². The highest BCUT2D eigenvalue weighted by atomic mass is 32.1. The second-order valence-corrected chi connectivity index (χ2v) is 33.6. The van der Waals surface area contributed by atoms with E-state index in [1.807, 2.05) is 170 Å². The molecule has 0 saturated heterocycles. The number of rotatable bonds is 16. The van der Waals surface area contributed by atoms with Crippen molar-refractivity contribution in [3.63, 3.8) is 0 Å². The van der Waals surface area contributed by atoms with Gasteiger partial charge in [0.15, 0.2) is 0 Å². The van der Waals surface area contributed by atoms with Gasteiger partial charge in [0.25, 0.3) is 0 Å². The van der Waals surface area contributed by atoms with Crippen LogP contribution in [0.5, 0.6) is 0 Å². The maximum Gasteiger partial charge on any atom is 0.345 e. The molecule has 18 aromatic rings. The number of carbonyl (C=O) groups is 5. The molecule has 0 amide bonds. The summed E-state index contributed by atoms with van der Waals surface area (Å²) in [6.07, 6.45) is 18.9. The Morgan fingerprint density at radius 2 is 0.650 bits per heavy atom. The predicted octanol–water partition coefficient (Wildman–Crippen LogP) is 22.3. The number of aryl methyl sites for hydroxylation is 1. The zero-order valence-corrected chi connectivity index (χ0v) is 67.6. The minimum absolute atomic E-state index is 0.00685. The molecule has 582 valence electrons. The highest BCUT2D eigenvalue weighted by Crippen LogP contribution is 2.44. The van der Waals surface area contributed by atoms with Crippen molar-refractivity contribution >= 4 is 169 Å². The molecule has 0 aliphatic carbocycles. The lowest BCUT2D eigenvalue weighted by molar-refractivity contribution is -0.147. The molecule has 0 unspecified atom stereocenters. The number of benzene rings is 8. The van der Waals surface area contributed by atoms with Crippen LogP contribution in [0.2, 0.25) is 0 Å². The normalized spacial score (nSPS) is 10.9. The summed E-state index contributed by atoms with van der Waals surface area (Å²) in [5.74, 6) is -4.21. The van der Waals surface area contributed by atoms with Crippen molar-refractivity contribution in [1.82, 2.24) is 24.9 Å². The molecule has 120 heavy (non-hydrogen) atoms. The standard InChI is InChI=1S/C21H14N2O2S.C20H12N2O2S.C19H10N2O2S.C19H16N2O2S.C16H10N2O2S/c22-10-13-5-7-18(17-4-2-1-3-16(13)17)19-12-23-11-14-9-15(26-21(14)19)6-8-20(24)25;21-9-12-5-6-17(16-4-2-1-3-15(12)16)18-11-22-10-13-7-14(8-19(23)24)25-20(13)18;20-8-11-5-6-15(14-4-2-1-3-13(11)14)16-10-21-9-12-7-17(19(22)23)24-18(12)16;1-19(2,18(22)23)8-15-7-14-10-21-11-16(17(14)24-15)13-5-3-12(9-20)4-6-13;17-7-10-1-3-11(4-2-10)14-9-18-8-12-5-13(6-15(19)20)21-16(12)14/h1-5,7,9,11-12H,6,8H2,(H,24,25);1-7,10-11H,8H2,(H,23,24);1-7,9-10H,(H,22,23);3-7,10-11H,8H2,1-2H3,(H,22,23);1-5,8-9H,6H2,(H,19,20). The zero-order valence-electron chi connectivity index (χ0n) is 63.5. The number of pyridine rings is 5. The second-order valence-electron chi connectivity index (χ2n) is 28.0. The Kier molecular flexibility index (Phi) is 24.4. The van der Waals surface area contributed by atoms with Crippen molar-refractivity contribution in [2.24, 2.45) is 5.41 Å². The molecular weight excluding hydrogens is 1600 g/mol. The monoisotopic (exact) mass is 1660 g/mol. The molecule has 10 aromatic heterocycles. The quantitative estimate of drug-likeness (QED) is 0.0600. The van der Waals surface area contributed by atoms with Gasteiger partial charge in [-0.25, -0.2) is 4.79 Å². The van der Waals surface area contributed by atoms with Crippen molar-refractivity contribution in [3.05, 3.63) is 302 Å². The minimum Gasteiger partial charge on any atom is -0.481 e. The number of hydrogen-bond acceptors (Lipinski definition) is 20. The van der Waals surface area contributed by atoms with Gasteiger partial charge >= 0.3 is 29.8 Å². The SMILES string of the molecule is CC(C)(Cc1cc2cncc(-c3ccc(C#N)cc3)c2s1)C(=O)O.N#Cc1ccc(-c2cncc3cc(C(=O)O)sc23)c2ccccc12.N#Cc1ccc(-c2cncc3cc(CC(=O)O)sc23)c2ccccc12.N#Cc1ccc(-c2cncc3cc(CC(=O)O)sc23)cc1.N#Cc1ccc(-c2cncc3cc(CCC(=O)O)sc23)c2ccccc12. The van der Waals surface area contributed by atoms with Crippen molar-refractivity contribution in [2.75, 3.05) is 0 Å². The molecule has 0 bridgehead atoms. The van der Waals surface area contributed by atoms with Gasteiger partial charge in [-0.15, -0.1) is 56.7 Å². The maximum atomic E-state index is 11.4. The summed E-state index contributed by atoms with van der Waals surface area (Å²) >= 11 is 7.41. The summed E-state index contributed by atoms with van der Waals surface area (Å²) in [5.41, 5.74) is 12.1. The lowest BCUT2D eigenvalue weighted by Gasteiger charge is -2.17. The van der Waals surface area contributed by atoms with Gasteiger partial charge in [-0.3, -0.25) is 44.1 Å². The topological polar surface area (TPSA) is 370 Å². The molecule has 0 saturated carbocycles. The fourth-order valence-electron chi connectivity index (χ4n) is 13.9. The summed E-state index contributed by atoms with van der Waals surface area (Å²) in [5, 5.41) is 102. The molecule has 10 heterocycles. The minimum atomic E-state index is -0.938. The molecule has 18 rings (SSSR count). The number of aromatic carboxylic acids is 1. The van der Waals surface area contributed by atoms with E-state index in [0.717, 1.165) is 158 Å². The number of nitriles is 5. The third-order valence-electron chi connectivity index (χ3n) is 19.6. The summed E-state index contributed by atoms with van der Waals surface area (Å²) in [6, 6.07) is 69.7. The first-order valence-electron chi connectivity index (χ1n) is 36.8. The number of aliphatic carboxylic acids is 4. The highest BCUT2D eigenvalue weighted by Gasteiger charge is 2.29. The van der Waals surface area contributed by atoms with Gasteiger partial charge in [0, 0.05) is 176 Å². The number of thiophene rings is 5. The largest absolute Gasteiger partial charge is 0.481 e. The predicted molar refractivity (Wildman–Crippen MR) is 472 cm³/mol. The Morgan fingerprint density at radius 3 is 0.992 bits per heavy atom. The Balaban J connectivity index is 0.000000123. The molecule has 8 aromatic carbocycles. The molecule has 25 heteroatoms. The molecule has 0 spiro atoms. The van der Waals surface area contributed by atoms with Gasteiger partial charge in [0.1, 0.15) is 4.88 Å². The van der Waals surface area contributed by atoms with Crippen LogP contribution in [0.25, 0.3) is 138 Å². The van der Waals surface area contributed by atoms with Gasteiger partial charge < -0.3 is 25.5 Å². The van der Waals surface area contributed by atoms with E-state index in [9.17, 15) is 50.0 Å². The molecule has 0 aliphatic rings. The molecule has 0 radical (unpaired) electrons. The summed E-state index contributed by atoms with van der Waals surface area (Å²) in [4.78, 5) is 80.7. The Labute approximate surface area is 704 Å². The van der Waals surface area contributed by atoms with E-state index in [4.69, 9.17) is 25.8 Å². The average Bonchev–Trinajstić information content (AvgIpc) is 1.28. The van der Waals surface area contributed by atoms with Crippen LogP contribution in [0.15, 0.2) is 250 Å². The third-order valence-corrected chi connectivity index (χ3v) is 25.6. The fourth-order valence-corrected chi connectivity index (χ4v) is 19.7. The lowest BCUT2D eigenvalue weighted by Crippen LogP contribution is -2.25. The van der Waals surface area contributed by atoms with Crippen LogP contribution >= 0.6 is 56.7 Å². The van der Waals surface area contributed by atoms with Crippen LogP contribution < -0.4 is 0 Å². The smallest absolute Gasteiger partial charge is 0.345 e. The van der Waals surface area contributed by atoms with Crippen molar-refractivity contribution in [1.29, 1.82) is 26.3 Å². The van der Waals surface area contributed by atoms with E-state index < -0.39 is 35.3 Å². The van der Waals surface area contributed by atoms with Crippen LogP contribution in [0, 0.1) is 62.1 Å². The number of carboxylic acids is 5. The van der Waals surface area contributed by atoms with Crippen LogP contribution in [0.1, 0.15) is 77.3 Å².